The third-order valence-corrected chi connectivity index (χ3v) is 3.18. The highest BCUT2D eigenvalue weighted by atomic mass is 19.1. The average Bonchev–Trinajstić information content (AvgIpc) is 2.51. The summed E-state index contributed by atoms with van der Waals surface area (Å²) < 4.78 is 26.1. The fourth-order valence-corrected chi connectivity index (χ4v) is 2.12. The first-order chi connectivity index (χ1) is 7.56. The van der Waals surface area contributed by atoms with E-state index in [0.717, 1.165) is 19.0 Å². The molecule has 4 heteroatoms. The number of anilines is 1. The molecular formula is C12H16F2N2. The molecule has 0 amide bonds. The normalized spacial score (nSPS) is 26.0. The highest BCUT2D eigenvalue weighted by molar-refractivity contribution is 5.45. The Balaban J connectivity index is 2.05. The van der Waals surface area contributed by atoms with Gasteiger partial charge in [-0.15, -0.1) is 0 Å². The molecule has 0 radical (unpaired) electrons. The van der Waals surface area contributed by atoms with Crippen molar-refractivity contribution >= 4 is 5.69 Å². The Kier molecular flexibility index (Phi) is 3.10. The van der Waals surface area contributed by atoms with E-state index in [-0.39, 0.29) is 6.04 Å². The molecule has 0 spiro atoms. The van der Waals surface area contributed by atoms with E-state index in [1.165, 1.54) is 12.1 Å². The number of nitrogens with one attached hydrogen (secondary N) is 1. The van der Waals surface area contributed by atoms with Crippen LogP contribution in [-0.2, 0) is 0 Å². The third-order valence-electron chi connectivity index (χ3n) is 3.18. The van der Waals surface area contributed by atoms with Gasteiger partial charge in [-0.2, -0.15) is 0 Å². The first-order valence-electron chi connectivity index (χ1n) is 5.48. The summed E-state index contributed by atoms with van der Waals surface area (Å²) in [5, 5.41) is 3.11. The Labute approximate surface area is 94.3 Å². The van der Waals surface area contributed by atoms with Crippen LogP contribution < -0.4 is 5.32 Å². The molecule has 16 heavy (non-hydrogen) atoms. The Bertz CT molecular complexity index is 371. The number of hydrogen-bond donors (Lipinski definition) is 1. The lowest BCUT2D eigenvalue weighted by Crippen LogP contribution is -2.25. The summed E-state index contributed by atoms with van der Waals surface area (Å²) in [6, 6.07) is 4.37. The SMILES string of the molecule is CC1CC(Nc2ccc(F)cc2F)CN1C. The number of likely N-dealkylation sites (N-methyl/N-ethyl adjacent to an activating group) is 1. The predicted molar refractivity (Wildman–Crippen MR) is 60.5 cm³/mol. The molecule has 1 N–H and O–H groups in total. The van der Waals surface area contributed by atoms with Crippen LogP contribution in [0.1, 0.15) is 13.3 Å². The molecule has 1 saturated heterocycles. The van der Waals surface area contributed by atoms with Crippen LogP contribution in [0.3, 0.4) is 0 Å². The van der Waals surface area contributed by atoms with Gasteiger partial charge in [0.15, 0.2) is 0 Å². The van der Waals surface area contributed by atoms with Gasteiger partial charge in [0.1, 0.15) is 11.6 Å². The van der Waals surface area contributed by atoms with Gasteiger partial charge < -0.3 is 10.2 Å². The van der Waals surface area contributed by atoms with Gasteiger partial charge in [0.2, 0.25) is 0 Å². The van der Waals surface area contributed by atoms with E-state index < -0.39 is 11.6 Å². The molecule has 1 aliphatic heterocycles. The number of likely N-dealkylation sites (tertiary alicyclic amines) is 1. The summed E-state index contributed by atoms with van der Waals surface area (Å²) in [5.74, 6) is -1.07. The second-order valence-electron chi connectivity index (χ2n) is 4.49. The number of halogens is 2. The molecule has 0 aliphatic carbocycles. The van der Waals surface area contributed by atoms with E-state index in [9.17, 15) is 8.78 Å². The number of benzene rings is 1. The molecule has 88 valence electrons. The van der Waals surface area contributed by atoms with E-state index in [1.807, 2.05) is 7.05 Å². The largest absolute Gasteiger partial charge is 0.379 e. The summed E-state index contributed by atoms with van der Waals surface area (Å²) in [6.07, 6.45) is 0.979. The van der Waals surface area contributed by atoms with Crippen LogP contribution in [0.15, 0.2) is 18.2 Å². The van der Waals surface area contributed by atoms with Crippen molar-refractivity contribution in [3.05, 3.63) is 29.8 Å². The topological polar surface area (TPSA) is 15.3 Å². The smallest absolute Gasteiger partial charge is 0.149 e. The van der Waals surface area contributed by atoms with E-state index in [2.05, 4.69) is 17.1 Å². The van der Waals surface area contributed by atoms with Crippen LogP contribution >= 0.6 is 0 Å². The summed E-state index contributed by atoms with van der Waals surface area (Å²) >= 11 is 0. The van der Waals surface area contributed by atoms with Gasteiger partial charge in [0.25, 0.3) is 0 Å². The Hall–Kier alpha value is -1.16. The highest BCUT2D eigenvalue weighted by Crippen LogP contribution is 2.21. The molecule has 2 rings (SSSR count). The van der Waals surface area contributed by atoms with Crippen molar-refractivity contribution < 1.29 is 8.78 Å². The van der Waals surface area contributed by atoms with Crippen LogP contribution in [0.2, 0.25) is 0 Å². The van der Waals surface area contributed by atoms with Crippen LogP contribution in [0.4, 0.5) is 14.5 Å². The minimum Gasteiger partial charge on any atom is -0.379 e. The molecule has 2 nitrogen and oxygen atoms in total. The van der Waals surface area contributed by atoms with Gasteiger partial charge in [-0.25, -0.2) is 8.78 Å². The molecule has 1 fully saturated rings. The molecule has 1 aromatic carbocycles. The van der Waals surface area contributed by atoms with E-state index in [1.54, 1.807) is 0 Å². The molecule has 1 aliphatic rings. The third kappa shape index (κ3) is 2.32. The van der Waals surface area contributed by atoms with Crippen molar-refractivity contribution in [1.29, 1.82) is 0 Å². The molecule has 2 unspecified atom stereocenters. The maximum absolute atomic E-state index is 13.4. The summed E-state index contributed by atoms with van der Waals surface area (Å²) in [6.45, 7) is 3.03. The standard InChI is InChI=1S/C12H16F2N2/c1-8-5-10(7-16(8)2)15-12-4-3-9(13)6-11(12)14/h3-4,6,8,10,15H,5,7H2,1-2H3. The monoisotopic (exact) mass is 226 g/mol. The maximum Gasteiger partial charge on any atom is 0.149 e. The van der Waals surface area contributed by atoms with E-state index in [0.29, 0.717) is 11.7 Å². The molecule has 2 atom stereocenters. The van der Waals surface area contributed by atoms with Gasteiger partial charge in [-0.05, 0) is 32.5 Å². The lowest BCUT2D eigenvalue weighted by Gasteiger charge is -2.14. The minimum atomic E-state index is -0.542. The summed E-state index contributed by atoms with van der Waals surface area (Å²) in [5.41, 5.74) is 0.383. The van der Waals surface area contributed by atoms with Gasteiger partial charge in [-0.1, -0.05) is 0 Å². The van der Waals surface area contributed by atoms with Gasteiger partial charge in [0, 0.05) is 24.7 Å². The van der Waals surface area contributed by atoms with Crippen molar-refractivity contribution in [3.63, 3.8) is 0 Å². The van der Waals surface area contributed by atoms with Gasteiger partial charge in [-0.3, -0.25) is 0 Å². The molecule has 0 bridgehead atoms. The van der Waals surface area contributed by atoms with Crippen LogP contribution in [-0.4, -0.2) is 30.6 Å². The number of nitrogens with zero attached hydrogens (tertiary/aromatic N) is 1. The number of rotatable bonds is 2. The van der Waals surface area contributed by atoms with Crippen LogP contribution in [0.5, 0.6) is 0 Å². The van der Waals surface area contributed by atoms with Crippen molar-refractivity contribution in [1.82, 2.24) is 4.90 Å². The first-order valence-corrected chi connectivity index (χ1v) is 5.48. The minimum absolute atomic E-state index is 0.236. The lowest BCUT2D eigenvalue weighted by atomic mass is 10.2. The zero-order valence-electron chi connectivity index (χ0n) is 9.50. The Morgan fingerprint density at radius 2 is 2.12 bits per heavy atom. The average molecular weight is 226 g/mol. The zero-order valence-corrected chi connectivity index (χ0v) is 9.50. The van der Waals surface area contributed by atoms with Gasteiger partial charge in [0.05, 0.1) is 5.69 Å². The maximum atomic E-state index is 13.4. The number of hydrogen-bond acceptors (Lipinski definition) is 2. The summed E-state index contributed by atoms with van der Waals surface area (Å²) in [7, 11) is 2.05. The quantitative estimate of drug-likeness (QED) is 0.833. The van der Waals surface area contributed by atoms with Crippen LogP contribution in [0.25, 0.3) is 0 Å². The van der Waals surface area contributed by atoms with Gasteiger partial charge >= 0.3 is 0 Å². The second kappa shape index (κ2) is 4.37. The lowest BCUT2D eigenvalue weighted by molar-refractivity contribution is 0.330. The summed E-state index contributed by atoms with van der Waals surface area (Å²) in [4.78, 5) is 2.22. The predicted octanol–water partition coefficient (Wildman–Crippen LogP) is 2.47. The van der Waals surface area contributed by atoms with E-state index >= 15 is 0 Å². The molecule has 1 heterocycles. The second-order valence-corrected chi connectivity index (χ2v) is 4.49. The fourth-order valence-electron chi connectivity index (χ4n) is 2.12. The Morgan fingerprint density at radius 1 is 1.38 bits per heavy atom. The van der Waals surface area contributed by atoms with E-state index in [4.69, 9.17) is 0 Å². The first kappa shape index (κ1) is 11.3. The van der Waals surface area contributed by atoms with Crippen LogP contribution in [0, 0.1) is 11.6 Å². The molecular weight excluding hydrogens is 210 g/mol. The van der Waals surface area contributed by atoms with Crippen molar-refractivity contribution in [2.45, 2.75) is 25.4 Å². The zero-order chi connectivity index (χ0) is 11.7. The molecule has 0 aromatic heterocycles. The Morgan fingerprint density at radius 3 is 2.69 bits per heavy atom. The molecule has 0 saturated carbocycles. The van der Waals surface area contributed by atoms with Crippen molar-refractivity contribution in [2.75, 3.05) is 18.9 Å². The molecule has 1 aromatic rings. The highest BCUT2D eigenvalue weighted by Gasteiger charge is 2.26. The fraction of sp³-hybridized carbons (Fsp3) is 0.500. The van der Waals surface area contributed by atoms with Crippen molar-refractivity contribution in [2.24, 2.45) is 0 Å². The van der Waals surface area contributed by atoms with Crippen molar-refractivity contribution in [3.8, 4) is 0 Å².